The SMILES string of the molecule is CCn1cncc1CS(=O)(=O)c1ccccc1F. The molecule has 2 rings (SSSR count). The molecular weight excluding hydrogens is 255 g/mol. The minimum absolute atomic E-state index is 0.248. The summed E-state index contributed by atoms with van der Waals surface area (Å²) in [6.45, 7) is 2.52. The Morgan fingerprint density at radius 3 is 2.72 bits per heavy atom. The number of nitrogens with zero attached hydrogens (tertiary/aromatic N) is 2. The van der Waals surface area contributed by atoms with Crippen molar-refractivity contribution in [1.82, 2.24) is 9.55 Å². The third-order valence-corrected chi connectivity index (χ3v) is 4.33. The Bertz CT molecular complexity index is 650. The van der Waals surface area contributed by atoms with E-state index < -0.39 is 15.7 Å². The van der Waals surface area contributed by atoms with Gasteiger partial charge < -0.3 is 4.57 Å². The average Bonchev–Trinajstić information content (AvgIpc) is 2.76. The molecule has 6 heteroatoms. The molecule has 18 heavy (non-hydrogen) atoms. The van der Waals surface area contributed by atoms with Gasteiger partial charge in [0.25, 0.3) is 0 Å². The van der Waals surface area contributed by atoms with Crippen molar-refractivity contribution in [2.45, 2.75) is 24.1 Å². The van der Waals surface area contributed by atoms with Crippen LogP contribution in [0.1, 0.15) is 12.6 Å². The monoisotopic (exact) mass is 268 g/mol. The Morgan fingerprint density at radius 2 is 2.06 bits per heavy atom. The van der Waals surface area contributed by atoms with E-state index in [1.165, 1.54) is 24.4 Å². The van der Waals surface area contributed by atoms with E-state index in [0.29, 0.717) is 12.2 Å². The Morgan fingerprint density at radius 1 is 1.33 bits per heavy atom. The molecule has 0 bridgehead atoms. The molecule has 0 spiro atoms. The maximum atomic E-state index is 13.5. The van der Waals surface area contributed by atoms with Gasteiger partial charge in [0.1, 0.15) is 10.7 Å². The Labute approximate surface area is 105 Å². The van der Waals surface area contributed by atoms with E-state index in [9.17, 15) is 12.8 Å². The molecule has 0 fully saturated rings. The summed E-state index contributed by atoms with van der Waals surface area (Å²) in [4.78, 5) is 3.63. The van der Waals surface area contributed by atoms with E-state index in [4.69, 9.17) is 0 Å². The zero-order chi connectivity index (χ0) is 13.2. The van der Waals surface area contributed by atoms with Gasteiger partial charge in [-0.15, -0.1) is 0 Å². The van der Waals surface area contributed by atoms with Crippen molar-refractivity contribution >= 4 is 9.84 Å². The number of hydrogen-bond donors (Lipinski definition) is 0. The molecule has 0 aliphatic carbocycles. The van der Waals surface area contributed by atoms with Crippen LogP contribution in [0.2, 0.25) is 0 Å². The van der Waals surface area contributed by atoms with E-state index in [1.54, 1.807) is 10.9 Å². The van der Waals surface area contributed by atoms with E-state index in [1.807, 2.05) is 6.92 Å². The van der Waals surface area contributed by atoms with Crippen molar-refractivity contribution in [2.75, 3.05) is 0 Å². The van der Waals surface area contributed by atoms with Crippen LogP contribution in [0.5, 0.6) is 0 Å². The van der Waals surface area contributed by atoms with Crippen LogP contribution in [0, 0.1) is 5.82 Å². The summed E-state index contributed by atoms with van der Waals surface area (Å²) in [5.41, 5.74) is 0.556. The second-order valence-electron chi connectivity index (χ2n) is 3.86. The summed E-state index contributed by atoms with van der Waals surface area (Å²) in [5, 5.41) is 0. The van der Waals surface area contributed by atoms with Gasteiger partial charge in [-0.1, -0.05) is 12.1 Å². The van der Waals surface area contributed by atoms with Crippen LogP contribution >= 0.6 is 0 Å². The largest absolute Gasteiger partial charge is 0.334 e. The van der Waals surface area contributed by atoms with Crippen molar-refractivity contribution in [1.29, 1.82) is 0 Å². The highest BCUT2D eigenvalue weighted by atomic mass is 32.2. The molecule has 0 N–H and O–H groups in total. The summed E-state index contributed by atoms with van der Waals surface area (Å²) in [7, 11) is -3.68. The third-order valence-electron chi connectivity index (χ3n) is 2.65. The lowest BCUT2D eigenvalue weighted by atomic mass is 10.3. The number of rotatable bonds is 4. The Balaban J connectivity index is 2.37. The smallest absolute Gasteiger partial charge is 0.186 e. The zero-order valence-corrected chi connectivity index (χ0v) is 10.7. The molecule has 0 aliphatic rings. The van der Waals surface area contributed by atoms with Gasteiger partial charge in [0.15, 0.2) is 9.84 Å². The number of benzene rings is 1. The Kier molecular flexibility index (Phi) is 3.47. The van der Waals surface area contributed by atoms with Gasteiger partial charge in [-0.25, -0.2) is 17.8 Å². The van der Waals surface area contributed by atoms with Crippen molar-refractivity contribution in [3.05, 3.63) is 48.3 Å². The third kappa shape index (κ3) is 2.43. The molecule has 0 amide bonds. The zero-order valence-electron chi connectivity index (χ0n) is 9.88. The molecule has 0 unspecified atom stereocenters. The van der Waals surface area contributed by atoms with Gasteiger partial charge in [0.2, 0.25) is 0 Å². The predicted octanol–water partition coefficient (Wildman–Crippen LogP) is 2.02. The molecule has 4 nitrogen and oxygen atoms in total. The van der Waals surface area contributed by atoms with Crippen molar-refractivity contribution in [3.63, 3.8) is 0 Å². The molecule has 0 aliphatic heterocycles. The fourth-order valence-corrected chi connectivity index (χ4v) is 3.16. The highest BCUT2D eigenvalue weighted by Gasteiger charge is 2.20. The second kappa shape index (κ2) is 4.89. The standard InChI is InChI=1S/C12H13FN2O2S/c1-2-15-9-14-7-10(15)8-18(16,17)12-6-4-3-5-11(12)13/h3-7,9H,2,8H2,1H3. The molecular formula is C12H13FN2O2S. The maximum absolute atomic E-state index is 13.5. The molecule has 0 radical (unpaired) electrons. The highest BCUT2D eigenvalue weighted by molar-refractivity contribution is 7.90. The fraction of sp³-hybridized carbons (Fsp3) is 0.250. The first-order valence-electron chi connectivity index (χ1n) is 5.51. The number of imidazole rings is 1. The first kappa shape index (κ1) is 12.8. The summed E-state index contributed by atoms with van der Waals surface area (Å²) in [5.74, 6) is -0.970. The maximum Gasteiger partial charge on any atom is 0.186 e. The van der Waals surface area contributed by atoms with Gasteiger partial charge in [0, 0.05) is 12.7 Å². The van der Waals surface area contributed by atoms with Crippen LogP contribution < -0.4 is 0 Å². The number of hydrogen-bond acceptors (Lipinski definition) is 3. The second-order valence-corrected chi connectivity index (χ2v) is 5.82. The summed E-state index contributed by atoms with van der Waals surface area (Å²) >= 11 is 0. The topological polar surface area (TPSA) is 52.0 Å². The van der Waals surface area contributed by atoms with Gasteiger partial charge in [-0.2, -0.15) is 0 Å². The van der Waals surface area contributed by atoms with Crippen LogP contribution in [0.3, 0.4) is 0 Å². The average molecular weight is 268 g/mol. The summed E-state index contributed by atoms with van der Waals surface area (Å²) in [6.07, 6.45) is 3.05. The lowest BCUT2D eigenvalue weighted by molar-refractivity contribution is 0.564. The quantitative estimate of drug-likeness (QED) is 0.852. The van der Waals surface area contributed by atoms with E-state index in [2.05, 4.69) is 4.98 Å². The van der Waals surface area contributed by atoms with Crippen LogP contribution in [0.25, 0.3) is 0 Å². The molecule has 1 heterocycles. The minimum Gasteiger partial charge on any atom is -0.334 e. The summed E-state index contributed by atoms with van der Waals surface area (Å²) < 4.78 is 39.4. The van der Waals surface area contributed by atoms with Gasteiger partial charge in [0.05, 0.1) is 17.8 Å². The lowest BCUT2D eigenvalue weighted by Gasteiger charge is -2.07. The number of sulfone groups is 1. The van der Waals surface area contributed by atoms with Crippen LogP contribution in [-0.2, 0) is 22.1 Å². The molecule has 0 saturated heterocycles. The van der Waals surface area contributed by atoms with E-state index in [0.717, 1.165) is 6.07 Å². The molecule has 96 valence electrons. The lowest BCUT2D eigenvalue weighted by Crippen LogP contribution is -2.10. The Hall–Kier alpha value is -1.69. The molecule has 2 aromatic rings. The minimum atomic E-state index is -3.68. The van der Waals surface area contributed by atoms with Crippen molar-refractivity contribution in [2.24, 2.45) is 0 Å². The predicted molar refractivity (Wildman–Crippen MR) is 65.2 cm³/mol. The van der Waals surface area contributed by atoms with Crippen LogP contribution in [-0.4, -0.2) is 18.0 Å². The number of halogens is 1. The molecule has 0 atom stereocenters. The normalized spacial score (nSPS) is 11.7. The van der Waals surface area contributed by atoms with E-state index >= 15 is 0 Å². The molecule has 1 aromatic carbocycles. The van der Waals surface area contributed by atoms with Crippen molar-refractivity contribution in [3.8, 4) is 0 Å². The first-order valence-corrected chi connectivity index (χ1v) is 7.16. The van der Waals surface area contributed by atoms with Gasteiger partial charge >= 0.3 is 0 Å². The summed E-state index contributed by atoms with van der Waals surface area (Å²) in [6, 6.07) is 5.39. The molecule has 1 aromatic heterocycles. The highest BCUT2D eigenvalue weighted by Crippen LogP contribution is 2.19. The van der Waals surface area contributed by atoms with Crippen molar-refractivity contribution < 1.29 is 12.8 Å². The number of aromatic nitrogens is 2. The van der Waals surface area contributed by atoms with Gasteiger partial charge in [-0.3, -0.25) is 0 Å². The van der Waals surface area contributed by atoms with E-state index in [-0.39, 0.29) is 10.6 Å². The van der Waals surface area contributed by atoms with Crippen LogP contribution in [0.15, 0.2) is 41.7 Å². The van der Waals surface area contributed by atoms with Gasteiger partial charge in [-0.05, 0) is 19.1 Å². The molecule has 0 saturated carbocycles. The fourth-order valence-electron chi connectivity index (χ4n) is 1.72. The number of aryl methyl sites for hydroxylation is 1. The first-order chi connectivity index (χ1) is 8.54. The van der Waals surface area contributed by atoms with Crippen LogP contribution in [0.4, 0.5) is 4.39 Å².